The first-order chi connectivity index (χ1) is 60.8. The summed E-state index contributed by atoms with van der Waals surface area (Å²) >= 11 is 0. The molecule has 4 aromatic heterocycles. The Morgan fingerprint density at radius 2 is 0.581 bits per heavy atom. The van der Waals surface area contributed by atoms with Crippen LogP contribution in [-0.4, -0.2) is 32.3 Å². The fourth-order valence-electron chi connectivity index (χ4n) is 19.0. The summed E-state index contributed by atoms with van der Waals surface area (Å²) in [6.45, 7) is 62.5. The van der Waals surface area contributed by atoms with Crippen molar-refractivity contribution in [3.63, 3.8) is 0 Å². The van der Waals surface area contributed by atoms with Crippen molar-refractivity contribution in [2.24, 2.45) is 28.2 Å². The summed E-state index contributed by atoms with van der Waals surface area (Å²) in [5.41, 5.74) is 28.0. The van der Waals surface area contributed by atoms with Crippen molar-refractivity contribution in [2.75, 3.05) is 0 Å². The Morgan fingerprint density at radius 3 is 0.930 bits per heavy atom. The molecule has 0 bridgehead atoms. The van der Waals surface area contributed by atoms with Crippen LogP contribution in [0, 0.1) is 55.4 Å². The van der Waals surface area contributed by atoms with Gasteiger partial charge in [-0.05, 0) is 189 Å². The van der Waals surface area contributed by atoms with E-state index in [1.165, 1.54) is 191 Å². The average Bonchev–Trinajstić information content (AvgIpc) is 0.803. The maximum absolute atomic E-state index is 8.80. The molecule has 0 aliphatic heterocycles. The third kappa shape index (κ3) is 20.1. The Balaban J connectivity index is 0.000000157. The van der Waals surface area contributed by atoms with Crippen molar-refractivity contribution in [3.8, 4) is 45.0 Å². The summed E-state index contributed by atoms with van der Waals surface area (Å²) in [7, 11) is 1.56. The molecule has 0 atom stereocenters. The van der Waals surface area contributed by atoms with Crippen molar-refractivity contribution in [2.45, 2.75) is 220 Å². The lowest BCUT2D eigenvalue weighted by Crippen LogP contribution is -2.52. The molecule has 0 radical (unpaired) electrons. The van der Waals surface area contributed by atoms with Crippen LogP contribution in [0.25, 0.3) is 88.1 Å². The molecule has 0 aliphatic rings. The van der Waals surface area contributed by atoms with Crippen molar-refractivity contribution < 1.29 is 19.6 Å². The Morgan fingerprint density at radius 1 is 0.271 bits per heavy atom. The molecular weight excluding hydrogens is 1620 g/mol. The van der Waals surface area contributed by atoms with Crippen LogP contribution < -0.4 is 59.8 Å². The Labute approximate surface area is 782 Å². The first-order valence-electron chi connectivity index (χ1n) is 47.3. The third-order valence-electron chi connectivity index (χ3n) is 28.7. The van der Waals surface area contributed by atoms with E-state index < -0.39 is 32.3 Å². The molecule has 16 aromatic rings. The van der Waals surface area contributed by atoms with Gasteiger partial charge in [0.25, 0.3) is 0 Å². The van der Waals surface area contributed by atoms with Crippen LogP contribution in [0.1, 0.15) is 181 Å². The number of hydrogen-bond acceptors (Lipinski definition) is 0. The second-order valence-corrected chi connectivity index (χ2v) is 58.8. The van der Waals surface area contributed by atoms with Gasteiger partial charge in [-0.3, -0.25) is 0 Å². The first-order valence-corrected chi connectivity index (χ1v) is 58.8. The van der Waals surface area contributed by atoms with Crippen LogP contribution in [0.5, 0.6) is 0 Å². The fourth-order valence-corrected chi connectivity index (χ4v) is 28.5. The van der Waals surface area contributed by atoms with Gasteiger partial charge in [0.05, 0.1) is 38.2 Å². The standard InChI is InChI=1S/C31H38NSi.2C30H36NSi.C29H34NSi.CH4/c1-21(2)25-19-29(22(3)4)23(5)30(20-25)31-28-15-14-27(18-24(28)16-17-32(31)6)33(7,8)26-12-10-9-11-13-26;1-20(2)24-16-21(3)23(5)29(19-24)30-28-15-14-27(18-25(28)17-22(4)31(30)6)32(7,8)26-12-10-9-11-13-26;1-21-14-15-24(30(3,4)5)20-28(21)29-27-17-16-26(19-23(27)18-22(2)31(29)6)32(7,8)25-12-10-9-11-13-25;1-20(2)23-14-13-21(3)28(19-23)29-27-16-15-26(18-24(27)17-22(4)30(29)5)31(6,7)25-11-9-8-10-12-25;/h9-22H,1-8H3;2*9-20H,1-8H3;8-20H,1-7H3;1H4/q4*+1;/i17D;;;;. The van der Waals surface area contributed by atoms with Gasteiger partial charge in [-0.2, -0.15) is 13.7 Å². The summed E-state index contributed by atoms with van der Waals surface area (Å²) in [6, 6.07) is 105. The molecule has 0 unspecified atom stereocenters. The zero-order valence-electron chi connectivity index (χ0n) is 84.2. The highest BCUT2D eigenvalue weighted by Gasteiger charge is 2.34. The topological polar surface area (TPSA) is 15.5 Å². The van der Waals surface area contributed by atoms with E-state index >= 15 is 0 Å². The average molecular weight is 1770 g/mol. The van der Waals surface area contributed by atoms with Gasteiger partial charge in [-0.25, -0.2) is 4.57 Å². The largest absolute Gasteiger partial charge is 0.220 e. The second kappa shape index (κ2) is 39.1. The van der Waals surface area contributed by atoms with Gasteiger partial charge in [0.2, 0.25) is 22.8 Å². The zero-order valence-corrected chi connectivity index (χ0v) is 87.2. The van der Waals surface area contributed by atoms with Crippen LogP contribution >= 0.6 is 0 Å². The molecule has 8 heteroatoms. The number of rotatable bonds is 16. The van der Waals surface area contributed by atoms with E-state index in [0.717, 1.165) is 11.1 Å². The minimum absolute atomic E-state index is 0. The van der Waals surface area contributed by atoms with E-state index in [9.17, 15) is 0 Å². The zero-order chi connectivity index (χ0) is 93.6. The fraction of sp³-hybridized carbons (Fsp3) is 0.306. The molecule has 4 nitrogen and oxygen atoms in total. The number of nitrogens with zero attached hydrogens (tertiary/aromatic N) is 4. The molecule has 664 valence electrons. The Kier molecular flexibility index (Phi) is 29.0. The summed E-state index contributed by atoms with van der Waals surface area (Å²) < 4.78 is 17.9. The summed E-state index contributed by atoms with van der Waals surface area (Å²) in [5, 5.41) is 22.1. The predicted molar refractivity (Wildman–Crippen MR) is 575 cm³/mol. The van der Waals surface area contributed by atoms with E-state index in [2.05, 4.69) is 496 Å². The van der Waals surface area contributed by atoms with E-state index in [0.29, 0.717) is 29.8 Å². The highest BCUT2D eigenvalue weighted by atomic mass is 28.3. The lowest BCUT2D eigenvalue weighted by Gasteiger charge is -2.24. The van der Waals surface area contributed by atoms with Gasteiger partial charge in [0, 0.05) is 50.6 Å². The summed E-state index contributed by atoms with van der Waals surface area (Å²) in [6.07, 6.45) is 0.541. The van der Waals surface area contributed by atoms with Crippen LogP contribution in [0.2, 0.25) is 52.4 Å². The number of hydrogen-bond donors (Lipinski definition) is 0. The lowest BCUT2D eigenvalue weighted by molar-refractivity contribution is -0.665. The van der Waals surface area contributed by atoms with Gasteiger partial charge >= 0.3 is 0 Å². The van der Waals surface area contributed by atoms with Crippen molar-refractivity contribution >= 4 is 117 Å². The maximum atomic E-state index is 8.80. The Bertz CT molecular complexity index is 6850. The second-order valence-electron chi connectivity index (χ2n) is 41.2. The Hall–Kier alpha value is -10.9. The molecule has 129 heavy (non-hydrogen) atoms. The number of aryl methyl sites for hydroxylation is 6. The van der Waals surface area contributed by atoms with E-state index in [4.69, 9.17) is 1.37 Å². The molecule has 4 heterocycles. The molecule has 0 spiro atoms. The van der Waals surface area contributed by atoms with Crippen LogP contribution in [0.15, 0.2) is 285 Å². The van der Waals surface area contributed by atoms with Crippen LogP contribution in [-0.2, 0) is 33.6 Å². The maximum Gasteiger partial charge on any atom is 0.220 e. The van der Waals surface area contributed by atoms with Gasteiger partial charge in [0.15, 0.2) is 23.3 Å². The SMILES string of the molecule is C.Cc1cc(C(C)C)cc(-c2c3ccc([Si](C)(C)c4ccccc4)cc3cc(C)[n+]2C)c1C.Cc1ccc(C(C)(C)C)cc1-c1c2ccc([Si](C)(C)c3ccccc3)cc2cc(C)[n+]1C.Cc1ccc(C(C)C)cc1-c1c2ccc([Si](C)(C)c3ccccc3)cc2cc(C)[n+]1C.[2H]c1cc2cc([Si](C)(C)c3ccccc3)ccc2c(-c2cc(C(C)C)cc(C(C)C)c2C)[n+]1C. The van der Waals surface area contributed by atoms with Crippen molar-refractivity contribution in [3.05, 3.63) is 358 Å². The molecular formula is C121H148N4Si4+4. The number of benzene rings is 12. The molecule has 0 aliphatic carbocycles. The predicted octanol–water partition coefficient (Wildman–Crippen LogP) is 25.5. The molecule has 0 saturated heterocycles. The smallest absolute Gasteiger partial charge is 0.200 e. The molecule has 0 saturated carbocycles. The number of fused-ring (bicyclic) bond motifs is 4. The molecule has 0 amide bonds. The van der Waals surface area contributed by atoms with Crippen molar-refractivity contribution in [1.29, 1.82) is 0 Å². The summed E-state index contributed by atoms with van der Waals surface area (Å²) in [5.74, 6) is 1.94. The number of pyridine rings is 4. The summed E-state index contributed by atoms with van der Waals surface area (Å²) in [4.78, 5) is 0. The third-order valence-corrected chi connectivity index (χ3v) is 42.8. The molecule has 0 fully saturated rings. The number of aromatic nitrogens is 4. The van der Waals surface area contributed by atoms with E-state index in [-0.39, 0.29) is 12.8 Å². The van der Waals surface area contributed by atoms with Gasteiger partial charge in [-0.15, -0.1) is 0 Å². The van der Waals surface area contributed by atoms with Gasteiger partial charge in [-0.1, -0.05) is 384 Å². The van der Waals surface area contributed by atoms with E-state index in [1.807, 2.05) is 13.1 Å². The minimum Gasteiger partial charge on any atom is -0.200 e. The van der Waals surface area contributed by atoms with Crippen LogP contribution in [0.4, 0.5) is 0 Å². The van der Waals surface area contributed by atoms with Gasteiger partial charge in [0.1, 0.15) is 61.9 Å². The minimum atomic E-state index is -1.83. The lowest BCUT2D eigenvalue weighted by atomic mass is 9.84. The van der Waals surface area contributed by atoms with E-state index in [1.54, 1.807) is 0 Å². The van der Waals surface area contributed by atoms with Crippen LogP contribution in [0.3, 0.4) is 0 Å². The normalized spacial score (nSPS) is 12.2. The quantitative estimate of drug-likeness (QED) is 0.0677. The molecule has 0 N–H and O–H groups in total. The highest BCUT2D eigenvalue weighted by Crippen LogP contribution is 2.39. The molecule has 12 aromatic carbocycles. The van der Waals surface area contributed by atoms with Crippen molar-refractivity contribution in [1.82, 2.24) is 0 Å². The first kappa shape index (κ1) is 95.7. The highest BCUT2D eigenvalue weighted by molar-refractivity contribution is 7.02. The molecule has 16 rings (SSSR count). The monoisotopic (exact) mass is 1770 g/mol. The van der Waals surface area contributed by atoms with Gasteiger partial charge < -0.3 is 0 Å².